The number of ether oxygens (including phenoxy) is 1. The molecule has 0 radical (unpaired) electrons. The summed E-state index contributed by atoms with van der Waals surface area (Å²) in [5.41, 5.74) is 0.913. The number of rotatable bonds is 7. The maximum absolute atomic E-state index is 14.1. The molecule has 2 aliphatic heterocycles. The van der Waals surface area contributed by atoms with Crippen molar-refractivity contribution in [1.82, 2.24) is 14.8 Å². The minimum Gasteiger partial charge on any atom is -0.472 e. The number of aromatic nitrogens is 3. The van der Waals surface area contributed by atoms with E-state index in [0.717, 1.165) is 10.4 Å². The minimum absolute atomic E-state index is 0.0608. The quantitative estimate of drug-likeness (QED) is 0.628. The van der Waals surface area contributed by atoms with E-state index in [9.17, 15) is 13.6 Å². The first kappa shape index (κ1) is 24.7. The van der Waals surface area contributed by atoms with Crippen molar-refractivity contribution in [2.75, 3.05) is 29.5 Å². The van der Waals surface area contributed by atoms with Crippen LogP contribution in [0, 0.1) is 0 Å². The zero-order valence-corrected chi connectivity index (χ0v) is 20.1. The number of pyridine rings is 1. The number of aliphatic hydroxyl groups is 1. The first-order valence-corrected chi connectivity index (χ1v) is 12.0. The number of hydrogen-bond donors (Lipinski definition) is 1. The second kappa shape index (κ2) is 10.0. The predicted octanol–water partition coefficient (Wildman–Crippen LogP) is 3.34. The fourth-order valence-electron chi connectivity index (χ4n) is 4.99. The summed E-state index contributed by atoms with van der Waals surface area (Å²) in [6.07, 6.45) is 3.99. The third-order valence-corrected chi connectivity index (χ3v) is 6.89. The van der Waals surface area contributed by atoms with Gasteiger partial charge >= 0.3 is 0 Å². The molecule has 2 saturated heterocycles. The Balaban J connectivity index is 1.46. The smallest absolute Gasteiger partial charge is 0.287 e. The molecule has 1 N–H and O–H groups in total. The number of nitrogens with zero attached hydrogens (tertiary/aromatic N) is 5. The van der Waals surface area contributed by atoms with Crippen LogP contribution in [0.3, 0.4) is 0 Å². The van der Waals surface area contributed by atoms with Gasteiger partial charge in [-0.2, -0.15) is 5.10 Å². The van der Waals surface area contributed by atoms with Gasteiger partial charge in [0.25, 0.3) is 11.5 Å². The van der Waals surface area contributed by atoms with Gasteiger partial charge in [-0.25, -0.2) is 18.4 Å². The van der Waals surface area contributed by atoms with Gasteiger partial charge in [-0.1, -0.05) is 18.5 Å². The van der Waals surface area contributed by atoms with Crippen molar-refractivity contribution in [2.24, 2.45) is 0 Å². The Bertz CT molecular complexity index is 1070. The number of halogens is 3. The van der Waals surface area contributed by atoms with Crippen molar-refractivity contribution >= 4 is 23.0 Å². The number of alkyl halides is 2. The van der Waals surface area contributed by atoms with E-state index in [1.807, 2.05) is 30.9 Å². The van der Waals surface area contributed by atoms with Gasteiger partial charge in [0.1, 0.15) is 11.1 Å². The molecule has 11 heteroatoms. The van der Waals surface area contributed by atoms with E-state index in [1.54, 1.807) is 6.20 Å². The number of piperidine rings is 1. The van der Waals surface area contributed by atoms with Crippen LogP contribution in [0.15, 0.2) is 29.3 Å². The van der Waals surface area contributed by atoms with Crippen LogP contribution in [-0.2, 0) is 6.54 Å². The van der Waals surface area contributed by atoms with Crippen LogP contribution in [-0.4, -0.2) is 63.7 Å². The molecular weight excluding hydrogens is 468 g/mol. The number of hydrogen-bond acceptors (Lipinski definition) is 7. The molecule has 2 fully saturated rings. The Morgan fingerprint density at radius 3 is 2.88 bits per heavy atom. The van der Waals surface area contributed by atoms with Gasteiger partial charge in [-0.3, -0.25) is 4.79 Å². The molecule has 0 aromatic carbocycles. The third-order valence-electron chi connectivity index (χ3n) is 6.54. The molecule has 2 aliphatic rings. The lowest BCUT2D eigenvalue weighted by molar-refractivity contribution is -0.0444. The summed E-state index contributed by atoms with van der Waals surface area (Å²) in [4.78, 5) is 20.7. The van der Waals surface area contributed by atoms with Gasteiger partial charge in [0.15, 0.2) is 0 Å². The highest BCUT2D eigenvalue weighted by Gasteiger charge is 2.43. The summed E-state index contributed by atoms with van der Waals surface area (Å²) in [5, 5.41) is 13.2. The van der Waals surface area contributed by atoms with Crippen LogP contribution in [0.2, 0.25) is 5.02 Å². The molecule has 0 spiro atoms. The molecule has 2 aromatic heterocycles. The molecule has 34 heavy (non-hydrogen) atoms. The molecule has 4 rings (SSSR count). The maximum atomic E-state index is 14.1. The zero-order valence-electron chi connectivity index (χ0n) is 19.3. The normalized spacial score (nSPS) is 24.5. The van der Waals surface area contributed by atoms with Gasteiger partial charge in [0.05, 0.1) is 31.6 Å². The van der Waals surface area contributed by atoms with Crippen LogP contribution in [0.25, 0.3) is 0 Å². The summed E-state index contributed by atoms with van der Waals surface area (Å²) in [7, 11) is 0. The van der Waals surface area contributed by atoms with E-state index < -0.39 is 11.5 Å². The SMILES string of the molecule is CCC1CC(F)(F)CC(C)N1c1ccnc(O[C@@H]2CCN(c3cnn(CCO)c(=O)c3Cl)C2)c1. The Morgan fingerprint density at radius 2 is 2.15 bits per heavy atom. The highest BCUT2D eigenvalue weighted by molar-refractivity contribution is 6.33. The zero-order chi connectivity index (χ0) is 24.5. The van der Waals surface area contributed by atoms with E-state index >= 15 is 0 Å². The minimum atomic E-state index is -2.65. The summed E-state index contributed by atoms with van der Waals surface area (Å²) in [6, 6.07) is 3.10. The number of aliphatic hydroxyl groups excluding tert-OH is 1. The lowest BCUT2D eigenvalue weighted by Crippen LogP contribution is -2.52. The van der Waals surface area contributed by atoms with Gasteiger partial charge < -0.3 is 19.6 Å². The molecule has 2 aromatic rings. The van der Waals surface area contributed by atoms with Gasteiger partial charge in [0, 0.05) is 55.8 Å². The summed E-state index contributed by atoms with van der Waals surface area (Å²) in [5.74, 6) is -2.21. The van der Waals surface area contributed by atoms with Crippen LogP contribution in [0.5, 0.6) is 5.88 Å². The molecule has 0 amide bonds. The molecular formula is C23H30ClF2N5O3. The third kappa shape index (κ3) is 5.12. The fraction of sp³-hybridized carbons (Fsp3) is 0.609. The van der Waals surface area contributed by atoms with Crippen LogP contribution >= 0.6 is 11.6 Å². The standard InChI is InChI=1S/C23H30ClF2N5O3/c1-3-16-12-23(25,26)11-15(2)31(16)17-4-6-27-20(10-17)34-18-5-7-29(14-18)19-13-28-30(8-9-32)22(33)21(19)24/h4,6,10,13,15-16,18,32H,3,5,7-9,11-12,14H2,1-2H3/t15?,16?,18-/m1/s1. The lowest BCUT2D eigenvalue weighted by Gasteiger charge is -2.45. The van der Waals surface area contributed by atoms with Gasteiger partial charge in [-0.15, -0.1) is 0 Å². The molecule has 3 atom stereocenters. The van der Waals surface area contributed by atoms with Gasteiger partial charge in [-0.05, 0) is 19.4 Å². The molecule has 4 heterocycles. The van der Waals surface area contributed by atoms with E-state index in [2.05, 4.69) is 15.0 Å². The first-order valence-electron chi connectivity index (χ1n) is 11.6. The monoisotopic (exact) mass is 497 g/mol. The summed E-state index contributed by atoms with van der Waals surface area (Å²) >= 11 is 6.28. The van der Waals surface area contributed by atoms with Crippen molar-refractivity contribution < 1.29 is 18.6 Å². The topological polar surface area (TPSA) is 83.7 Å². The molecule has 2 unspecified atom stereocenters. The van der Waals surface area contributed by atoms with Crippen molar-refractivity contribution in [3.8, 4) is 5.88 Å². The second-order valence-electron chi connectivity index (χ2n) is 9.01. The van der Waals surface area contributed by atoms with Crippen molar-refractivity contribution in [2.45, 2.75) is 70.2 Å². The molecule has 0 bridgehead atoms. The van der Waals surface area contributed by atoms with Crippen molar-refractivity contribution in [3.05, 3.63) is 39.9 Å². The molecule has 186 valence electrons. The highest BCUT2D eigenvalue weighted by atomic mass is 35.5. The fourth-order valence-corrected chi connectivity index (χ4v) is 5.26. The maximum Gasteiger partial charge on any atom is 0.287 e. The van der Waals surface area contributed by atoms with E-state index in [-0.39, 0.29) is 49.2 Å². The first-order chi connectivity index (χ1) is 16.2. The Morgan fingerprint density at radius 1 is 1.35 bits per heavy atom. The summed E-state index contributed by atoms with van der Waals surface area (Å²) in [6.45, 7) is 4.77. The summed E-state index contributed by atoms with van der Waals surface area (Å²) < 4.78 is 35.5. The van der Waals surface area contributed by atoms with E-state index in [0.29, 0.717) is 37.5 Å². The molecule has 8 nitrogen and oxygen atoms in total. The van der Waals surface area contributed by atoms with Crippen LogP contribution < -0.4 is 20.1 Å². The van der Waals surface area contributed by atoms with E-state index in [1.165, 1.54) is 6.20 Å². The Kier molecular flexibility index (Phi) is 7.28. The highest BCUT2D eigenvalue weighted by Crippen LogP contribution is 2.39. The lowest BCUT2D eigenvalue weighted by atomic mass is 9.91. The second-order valence-corrected chi connectivity index (χ2v) is 9.38. The van der Waals surface area contributed by atoms with Crippen LogP contribution in [0.4, 0.5) is 20.2 Å². The van der Waals surface area contributed by atoms with E-state index in [4.69, 9.17) is 21.4 Å². The average Bonchev–Trinajstić information content (AvgIpc) is 3.24. The molecule has 0 saturated carbocycles. The van der Waals surface area contributed by atoms with Crippen molar-refractivity contribution in [1.29, 1.82) is 0 Å². The average molecular weight is 498 g/mol. The predicted molar refractivity (Wildman–Crippen MR) is 126 cm³/mol. The largest absolute Gasteiger partial charge is 0.472 e. The Labute approximate surface area is 202 Å². The van der Waals surface area contributed by atoms with Crippen molar-refractivity contribution in [3.63, 3.8) is 0 Å². The molecule has 0 aliphatic carbocycles. The number of anilines is 2. The van der Waals surface area contributed by atoms with Gasteiger partial charge in [0.2, 0.25) is 5.88 Å². The van der Waals surface area contributed by atoms with Crippen LogP contribution in [0.1, 0.15) is 39.5 Å². The Hall–Kier alpha value is -2.46.